The Bertz CT molecular complexity index is 846. The molecule has 4 heterocycles. The highest BCUT2D eigenvalue weighted by Crippen LogP contribution is 2.42. The summed E-state index contributed by atoms with van der Waals surface area (Å²) in [7, 11) is 0. The van der Waals surface area contributed by atoms with Gasteiger partial charge in [-0.3, -0.25) is 9.80 Å². The van der Waals surface area contributed by atoms with Crippen LogP contribution in [-0.2, 0) is 13.1 Å². The molecule has 1 unspecified atom stereocenters. The number of aromatic amines is 2. The van der Waals surface area contributed by atoms with Crippen molar-refractivity contribution >= 4 is 0 Å². The van der Waals surface area contributed by atoms with Gasteiger partial charge in [0.25, 0.3) is 0 Å². The minimum atomic E-state index is 0.609. The molecule has 1 spiro atoms. The maximum absolute atomic E-state index is 4.50. The van der Waals surface area contributed by atoms with E-state index in [4.69, 9.17) is 0 Å². The third-order valence-electron chi connectivity index (χ3n) is 9.74. The summed E-state index contributed by atoms with van der Waals surface area (Å²) < 4.78 is 0. The number of nitrogens with one attached hydrogen (secondary N) is 2. The van der Waals surface area contributed by atoms with Crippen LogP contribution in [0.4, 0.5) is 0 Å². The number of aromatic nitrogens is 4. The molecular weight excluding hydrogens is 434 g/mol. The van der Waals surface area contributed by atoms with E-state index in [2.05, 4.69) is 34.6 Å². The number of rotatable bonds is 8. The van der Waals surface area contributed by atoms with Crippen LogP contribution in [0.15, 0.2) is 24.8 Å². The minimum absolute atomic E-state index is 0.609. The van der Waals surface area contributed by atoms with Gasteiger partial charge in [0.05, 0.1) is 13.1 Å². The number of likely N-dealkylation sites (tertiary alicyclic amines) is 2. The van der Waals surface area contributed by atoms with Gasteiger partial charge in [-0.05, 0) is 75.8 Å². The molecule has 4 fully saturated rings. The summed E-state index contributed by atoms with van der Waals surface area (Å²) in [4.78, 5) is 23.9. The van der Waals surface area contributed by atoms with Crippen molar-refractivity contribution in [1.29, 1.82) is 0 Å². The van der Waals surface area contributed by atoms with Crippen molar-refractivity contribution in [2.45, 2.75) is 95.8 Å². The van der Waals surface area contributed by atoms with Crippen LogP contribution in [0, 0.1) is 11.3 Å². The smallest absolute Gasteiger partial charge is 0.120 e. The lowest BCUT2D eigenvalue weighted by Gasteiger charge is -2.37. The van der Waals surface area contributed by atoms with E-state index in [0.717, 1.165) is 36.7 Å². The fourth-order valence-corrected chi connectivity index (χ4v) is 7.77. The monoisotopic (exact) mass is 479 g/mol. The molecule has 2 aliphatic carbocycles. The van der Waals surface area contributed by atoms with E-state index in [1.54, 1.807) is 0 Å². The first-order chi connectivity index (χ1) is 17.2. The number of nitrogens with zero attached hydrogens (tertiary/aromatic N) is 5. The van der Waals surface area contributed by atoms with Crippen molar-refractivity contribution in [2.75, 3.05) is 32.7 Å². The molecule has 2 N–H and O–H groups in total. The first-order valence-electron chi connectivity index (χ1n) is 14.4. The van der Waals surface area contributed by atoms with Crippen LogP contribution < -0.4 is 0 Å². The average molecular weight is 480 g/mol. The van der Waals surface area contributed by atoms with Crippen LogP contribution in [0.1, 0.15) is 82.3 Å². The van der Waals surface area contributed by atoms with Gasteiger partial charge in [-0.15, -0.1) is 0 Å². The summed E-state index contributed by atoms with van der Waals surface area (Å²) in [5.74, 6) is 2.98. The Morgan fingerprint density at radius 1 is 0.829 bits per heavy atom. The highest BCUT2D eigenvalue weighted by molar-refractivity contribution is 5.00. The summed E-state index contributed by atoms with van der Waals surface area (Å²) in [6.07, 6.45) is 23.1. The Labute approximate surface area is 211 Å². The van der Waals surface area contributed by atoms with Gasteiger partial charge in [0.1, 0.15) is 11.6 Å². The first-order valence-corrected chi connectivity index (χ1v) is 14.4. The predicted octanol–water partition coefficient (Wildman–Crippen LogP) is 4.42. The number of H-pyrrole nitrogens is 2. The molecule has 0 amide bonds. The van der Waals surface area contributed by atoms with Gasteiger partial charge in [0.15, 0.2) is 0 Å². The molecule has 7 nitrogen and oxygen atoms in total. The zero-order chi connectivity index (χ0) is 23.5. The van der Waals surface area contributed by atoms with Gasteiger partial charge < -0.3 is 14.9 Å². The van der Waals surface area contributed by atoms with Crippen LogP contribution in [0.25, 0.3) is 0 Å². The Morgan fingerprint density at radius 3 is 2.17 bits per heavy atom. The molecule has 4 aliphatic rings. The highest BCUT2D eigenvalue weighted by atomic mass is 15.2. The van der Waals surface area contributed by atoms with E-state index in [1.165, 1.54) is 103 Å². The quantitative estimate of drug-likeness (QED) is 0.587. The van der Waals surface area contributed by atoms with Gasteiger partial charge in [-0.1, -0.05) is 19.3 Å². The zero-order valence-corrected chi connectivity index (χ0v) is 21.5. The van der Waals surface area contributed by atoms with Crippen molar-refractivity contribution in [3.63, 3.8) is 0 Å². The fourth-order valence-electron chi connectivity index (χ4n) is 7.77. The molecule has 1 atom stereocenters. The van der Waals surface area contributed by atoms with Crippen molar-refractivity contribution in [3.05, 3.63) is 36.4 Å². The van der Waals surface area contributed by atoms with E-state index in [1.807, 2.05) is 24.8 Å². The van der Waals surface area contributed by atoms with E-state index in [9.17, 15) is 0 Å². The first kappa shape index (κ1) is 23.7. The molecule has 2 aromatic heterocycles. The summed E-state index contributed by atoms with van der Waals surface area (Å²) >= 11 is 0. The van der Waals surface area contributed by atoms with Crippen LogP contribution in [0.5, 0.6) is 0 Å². The largest absolute Gasteiger partial charge is 0.348 e. The van der Waals surface area contributed by atoms with Crippen LogP contribution >= 0.6 is 0 Å². The van der Waals surface area contributed by atoms with E-state index >= 15 is 0 Å². The number of hydrogen-bond donors (Lipinski definition) is 2. The van der Waals surface area contributed by atoms with Crippen molar-refractivity contribution in [1.82, 2.24) is 34.6 Å². The molecular formula is C28H45N7. The minimum Gasteiger partial charge on any atom is -0.348 e. The molecule has 6 rings (SSSR count). The van der Waals surface area contributed by atoms with Crippen LogP contribution in [0.3, 0.4) is 0 Å². The molecule has 2 saturated carbocycles. The Hall–Kier alpha value is -1.70. The third-order valence-corrected chi connectivity index (χ3v) is 9.74. The standard InChI is InChI=1S/C28H45N7/c1-2-4-24(5-3-1)34-17-11-28(22-34)10-16-33(21-28)18-23-6-8-25(9-7-23)35(19-26-29-12-13-30-26)20-27-31-14-15-32-27/h12-15,23-25H,1-11,16-22H2,(H,29,30)(H,31,32)/t23-,25-,28?. The molecule has 7 heteroatoms. The van der Waals surface area contributed by atoms with Gasteiger partial charge in [-0.25, -0.2) is 9.97 Å². The molecule has 192 valence electrons. The maximum Gasteiger partial charge on any atom is 0.120 e. The fraction of sp³-hybridized carbons (Fsp3) is 0.786. The molecule has 0 aromatic carbocycles. The van der Waals surface area contributed by atoms with E-state index < -0.39 is 0 Å². The SMILES string of the molecule is c1c[nH]c(CN(Cc2ncc[nH]2)[C@H]2CC[C@H](CN3CCC4(CCN(C5CCCCC5)C4)C3)CC2)n1. The second kappa shape index (κ2) is 10.7. The van der Waals surface area contributed by atoms with E-state index in [-0.39, 0.29) is 0 Å². The van der Waals surface area contributed by atoms with Crippen LogP contribution in [-0.4, -0.2) is 79.4 Å². The molecule has 0 radical (unpaired) electrons. The summed E-state index contributed by atoms with van der Waals surface area (Å²) in [5, 5.41) is 0. The summed E-state index contributed by atoms with van der Waals surface area (Å²) in [6.45, 7) is 8.51. The Kier molecular flexibility index (Phi) is 7.26. The topological polar surface area (TPSA) is 67.1 Å². The molecule has 2 aliphatic heterocycles. The average Bonchev–Trinajstić information content (AvgIpc) is 3.70. The lowest BCUT2D eigenvalue weighted by atomic mass is 9.84. The predicted molar refractivity (Wildman–Crippen MR) is 139 cm³/mol. The van der Waals surface area contributed by atoms with Crippen molar-refractivity contribution < 1.29 is 0 Å². The second-order valence-electron chi connectivity index (χ2n) is 12.1. The number of imidazole rings is 2. The zero-order valence-electron chi connectivity index (χ0n) is 21.5. The summed E-state index contributed by atoms with van der Waals surface area (Å²) in [5.41, 5.74) is 0.609. The summed E-state index contributed by atoms with van der Waals surface area (Å²) in [6, 6.07) is 1.52. The van der Waals surface area contributed by atoms with Crippen LogP contribution in [0.2, 0.25) is 0 Å². The second-order valence-corrected chi connectivity index (χ2v) is 12.1. The van der Waals surface area contributed by atoms with Crippen molar-refractivity contribution in [2.24, 2.45) is 11.3 Å². The normalized spacial score (nSPS) is 31.2. The van der Waals surface area contributed by atoms with Gasteiger partial charge >= 0.3 is 0 Å². The molecule has 2 saturated heterocycles. The van der Waals surface area contributed by atoms with E-state index in [0.29, 0.717) is 11.5 Å². The Balaban J connectivity index is 0.987. The molecule has 0 bridgehead atoms. The maximum atomic E-state index is 4.50. The highest BCUT2D eigenvalue weighted by Gasteiger charge is 2.45. The Morgan fingerprint density at radius 2 is 1.51 bits per heavy atom. The van der Waals surface area contributed by atoms with Gasteiger partial charge in [0, 0.05) is 56.5 Å². The third kappa shape index (κ3) is 5.67. The lowest BCUT2D eigenvalue weighted by Crippen LogP contribution is -2.40. The van der Waals surface area contributed by atoms with Gasteiger partial charge in [0.2, 0.25) is 0 Å². The van der Waals surface area contributed by atoms with Crippen molar-refractivity contribution in [3.8, 4) is 0 Å². The lowest BCUT2D eigenvalue weighted by molar-refractivity contribution is 0.103. The molecule has 2 aromatic rings. The number of hydrogen-bond acceptors (Lipinski definition) is 5. The van der Waals surface area contributed by atoms with Gasteiger partial charge in [-0.2, -0.15) is 0 Å². The molecule has 35 heavy (non-hydrogen) atoms.